The van der Waals surface area contributed by atoms with Crippen LogP contribution in [-0.4, -0.2) is 20.5 Å². The first kappa shape index (κ1) is 16.2. The molecule has 6 heteroatoms. The third kappa shape index (κ3) is 3.01. The van der Waals surface area contributed by atoms with Crippen LogP contribution in [0.5, 0.6) is 0 Å². The van der Waals surface area contributed by atoms with Crippen molar-refractivity contribution in [3.05, 3.63) is 60.2 Å². The van der Waals surface area contributed by atoms with E-state index in [1.165, 1.54) is 0 Å². The molecule has 0 atom stereocenters. The fourth-order valence-electron chi connectivity index (χ4n) is 2.66. The van der Waals surface area contributed by atoms with Gasteiger partial charge in [-0.3, -0.25) is 4.98 Å². The van der Waals surface area contributed by atoms with Crippen molar-refractivity contribution in [1.82, 2.24) is 9.71 Å². The van der Waals surface area contributed by atoms with E-state index in [1.54, 1.807) is 12.4 Å². The Hall–Kier alpha value is -3.28. The Morgan fingerprint density at radius 1 is 1.15 bits per heavy atom. The van der Waals surface area contributed by atoms with Crippen molar-refractivity contribution in [2.24, 2.45) is 5.16 Å². The van der Waals surface area contributed by atoms with E-state index in [1.807, 2.05) is 63.2 Å². The molecule has 0 bridgehead atoms. The lowest BCUT2D eigenvalue weighted by molar-refractivity contribution is -0.00585. The van der Waals surface area contributed by atoms with Gasteiger partial charge in [0.15, 0.2) is 5.76 Å². The van der Waals surface area contributed by atoms with E-state index in [0.29, 0.717) is 27.9 Å². The van der Waals surface area contributed by atoms with Crippen LogP contribution >= 0.6 is 0 Å². The van der Waals surface area contributed by atoms with Crippen LogP contribution in [0.3, 0.4) is 0 Å². The topological polar surface area (TPSA) is 72.8 Å². The molecule has 0 unspecified atom stereocenters. The molecular weight excluding hydrogens is 330 g/mol. The van der Waals surface area contributed by atoms with Crippen molar-refractivity contribution < 1.29 is 14.5 Å². The summed E-state index contributed by atoms with van der Waals surface area (Å²) in [5.74, 6) is 0.576. The van der Waals surface area contributed by atoms with Crippen LogP contribution in [0.2, 0.25) is 0 Å². The molecule has 0 radical (unpaired) electrons. The molecule has 3 heterocycles. The molecule has 0 saturated carbocycles. The van der Waals surface area contributed by atoms with Gasteiger partial charge in [0.05, 0.1) is 6.20 Å². The number of pyridine rings is 1. The molecule has 0 aliphatic heterocycles. The van der Waals surface area contributed by atoms with Crippen molar-refractivity contribution >= 4 is 21.9 Å². The number of fused-ring (bicyclic) bond motifs is 2. The van der Waals surface area contributed by atoms with E-state index in [0.717, 1.165) is 15.5 Å². The standard InChI is InChI=1S/C20H19N3O3/c1-20(2,3)26-22-15-11-19(25-18-7-5-4-6-14(15)18)16-10-13-8-9-23(24)17(13)12-21-16/h4-12,24H,1-3H3. The molecule has 0 aliphatic rings. The third-order valence-electron chi connectivity index (χ3n) is 3.88. The Morgan fingerprint density at radius 3 is 2.77 bits per heavy atom. The highest BCUT2D eigenvalue weighted by atomic mass is 16.6. The van der Waals surface area contributed by atoms with Gasteiger partial charge in [-0.1, -0.05) is 17.3 Å². The smallest absolute Gasteiger partial charge is 0.155 e. The SMILES string of the molecule is CC(C)(C)ON=c1cc(-c2cc3ccn(O)c3cn2)oc2ccccc12. The van der Waals surface area contributed by atoms with E-state index >= 15 is 0 Å². The summed E-state index contributed by atoms with van der Waals surface area (Å²) < 4.78 is 7.07. The first-order valence-electron chi connectivity index (χ1n) is 8.32. The van der Waals surface area contributed by atoms with Gasteiger partial charge in [0.25, 0.3) is 0 Å². The maximum Gasteiger partial charge on any atom is 0.155 e. The Bertz CT molecular complexity index is 1170. The molecule has 0 fully saturated rings. The number of nitrogens with zero attached hydrogens (tertiary/aromatic N) is 3. The van der Waals surface area contributed by atoms with E-state index in [-0.39, 0.29) is 0 Å². The predicted molar refractivity (Wildman–Crippen MR) is 98.5 cm³/mol. The number of rotatable bonds is 2. The van der Waals surface area contributed by atoms with Crippen molar-refractivity contribution in [2.45, 2.75) is 26.4 Å². The molecule has 1 N–H and O–H groups in total. The van der Waals surface area contributed by atoms with Gasteiger partial charge < -0.3 is 14.5 Å². The van der Waals surface area contributed by atoms with Gasteiger partial charge in [-0.05, 0) is 45.0 Å². The molecular formula is C20H19N3O3. The zero-order valence-corrected chi connectivity index (χ0v) is 14.8. The minimum absolute atomic E-state index is 0.393. The molecule has 1 aromatic carbocycles. The first-order valence-corrected chi connectivity index (χ1v) is 8.32. The second-order valence-corrected chi connectivity index (χ2v) is 7.08. The van der Waals surface area contributed by atoms with E-state index in [9.17, 15) is 5.21 Å². The normalized spacial score (nSPS) is 12.8. The number of hydrogen-bond acceptors (Lipinski definition) is 5. The molecule has 0 amide bonds. The maximum absolute atomic E-state index is 9.73. The van der Waals surface area contributed by atoms with Crippen molar-refractivity contribution in [3.63, 3.8) is 0 Å². The molecule has 132 valence electrons. The zero-order valence-electron chi connectivity index (χ0n) is 14.8. The molecule has 6 nitrogen and oxygen atoms in total. The lowest BCUT2D eigenvalue weighted by atomic mass is 10.1. The minimum atomic E-state index is -0.393. The van der Waals surface area contributed by atoms with Gasteiger partial charge in [-0.2, -0.15) is 4.73 Å². The van der Waals surface area contributed by atoms with Crippen molar-refractivity contribution in [2.75, 3.05) is 0 Å². The number of para-hydroxylation sites is 1. The Labute approximate surface area is 149 Å². The van der Waals surface area contributed by atoms with Crippen LogP contribution in [0.25, 0.3) is 33.3 Å². The van der Waals surface area contributed by atoms with Crippen molar-refractivity contribution in [1.29, 1.82) is 0 Å². The van der Waals surface area contributed by atoms with Gasteiger partial charge in [0.1, 0.15) is 27.8 Å². The summed E-state index contributed by atoms with van der Waals surface area (Å²) in [6.45, 7) is 5.84. The number of benzene rings is 1. The second kappa shape index (κ2) is 5.91. The van der Waals surface area contributed by atoms with Crippen molar-refractivity contribution in [3.8, 4) is 11.5 Å². The summed E-state index contributed by atoms with van der Waals surface area (Å²) in [6, 6.07) is 13.2. The van der Waals surface area contributed by atoms with Crippen LogP contribution in [0.1, 0.15) is 20.8 Å². The largest absolute Gasteiger partial charge is 0.454 e. The van der Waals surface area contributed by atoms with Crippen LogP contribution < -0.4 is 5.36 Å². The van der Waals surface area contributed by atoms with Gasteiger partial charge in [0, 0.05) is 23.0 Å². The molecule has 3 aromatic heterocycles. The lowest BCUT2D eigenvalue weighted by Crippen LogP contribution is -2.18. The summed E-state index contributed by atoms with van der Waals surface area (Å²) in [7, 11) is 0. The quantitative estimate of drug-likeness (QED) is 0.432. The summed E-state index contributed by atoms with van der Waals surface area (Å²) in [5, 5.41) is 16.5. The molecule has 26 heavy (non-hydrogen) atoms. The molecule has 4 aromatic rings. The summed E-state index contributed by atoms with van der Waals surface area (Å²) in [5.41, 5.74) is 1.59. The van der Waals surface area contributed by atoms with Gasteiger partial charge in [-0.15, -0.1) is 0 Å². The van der Waals surface area contributed by atoms with Crippen LogP contribution in [0.15, 0.2) is 64.4 Å². The third-order valence-corrected chi connectivity index (χ3v) is 3.88. The van der Waals surface area contributed by atoms with Gasteiger partial charge in [-0.25, -0.2) is 0 Å². The highest BCUT2D eigenvalue weighted by Gasteiger charge is 2.12. The average molecular weight is 349 g/mol. The summed E-state index contributed by atoms with van der Waals surface area (Å²) >= 11 is 0. The highest BCUT2D eigenvalue weighted by molar-refractivity contribution is 5.83. The molecule has 4 rings (SSSR count). The minimum Gasteiger partial charge on any atom is -0.454 e. The second-order valence-electron chi connectivity index (χ2n) is 7.08. The Kier molecular flexibility index (Phi) is 3.68. The van der Waals surface area contributed by atoms with E-state index in [2.05, 4.69) is 10.1 Å². The van der Waals surface area contributed by atoms with Crippen LogP contribution in [0, 0.1) is 0 Å². The molecule has 0 aliphatic carbocycles. The first-order chi connectivity index (χ1) is 12.4. The number of aromatic nitrogens is 2. The summed E-state index contributed by atoms with van der Waals surface area (Å²) in [4.78, 5) is 10.0. The monoisotopic (exact) mass is 349 g/mol. The Balaban J connectivity index is 1.91. The lowest BCUT2D eigenvalue weighted by Gasteiger charge is -2.15. The van der Waals surface area contributed by atoms with Gasteiger partial charge >= 0.3 is 0 Å². The molecule has 0 spiro atoms. The van der Waals surface area contributed by atoms with Crippen LogP contribution in [-0.2, 0) is 4.84 Å². The fraction of sp³-hybridized carbons (Fsp3) is 0.200. The fourth-order valence-corrected chi connectivity index (χ4v) is 2.66. The molecule has 0 saturated heterocycles. The Morgan fingerprint density at radius 2 is 1.96 bits per heavy atom. The average Bonchev–Trinajstić information content (AvgIpc) is 2.99. The summed E-state index contributed by atoms with van der Waals surface area (Å²) in [6.07, 6.45) is 3.18. The van der Waals surface area contributed by atoms with E-state index < -0.39 is 5.60 Å². The van der Waals surface area contributed by atoms with E-state index in [4.69, 9.17) is 9.25 Å². The zero-order chi connectivity index (χ0) is 18.3. The predicted octanol–water partition coefficient (Wildman–Crippen LogP) is 4.32. The highest BCUT2D eigenvalue weighted by Crippen LogP contribution is 2.24. The van der Waals surface area contributed by atoms with Gasteiger partial charge in [0.2, 0.25) is 0 Å². The number of hydrogen-bond donors (Lipinski definition) is 1. The van der Waals surface area contributed by atoms with Crippen LogP contribution in [0.4, 0.5) is 0 Å². The maximum atomic E-state index is 9.73.